The Kier molecular flexibility index (Phi) is 8.99. The van der Waals surface area contributed by atoms with Crippen LogP contribution in [-0.4, -0.2) is 72.5 Å². The molecule has 1 aromatic carbocycles. The highest BCUT2D eigenvalue weighted by Crippen LogP contribution is 2.16. The third-order valence-corrected chi connectivity index (χ3v) is 6.20. The normalized spacial score (nSPS) is 14.4. The van der Waals surface area contributed by atoms with Crippen molar-refractivity contribution in [3.8, 4) is 0 Å². The van der Waals surface area contributed by atoms with Gasteiger partial charge in [-0.15, -0.1) is 11.3 Å². The van der Waals surface area contributed by atoms with E-state index in [0.29, 0.717) is 39.3 Å². The molecule has 6 nitrogen and oxygen atoms in total. The van der Waals surface area contributed by atoms with E-state index >= 15 is 0 Å². The molecule has 0 unspecified atom stereocenters. The first-order valence-electron chi connectivity index (χ1n) is 10.7. The quantitative estimate of drug-likeness (QED) is 0.562. The van der Waals surface area contributed by atoms with E-state index in [9.17, 15) is 14.0 Å². The van der Waals surface area contributed by atoms with Gasteiger partial charge in [0.25, 0.3) is 0 Å². The molecule has 3 rings (SSSR count). The smallest absolute Gasteiger partial charge is 0.242 e. The Morgan fingerprint density at radius 2 is 1.81 bits per heavy atom. The van der Waals surface area contributed by atoms with E-state index in [-0.39, 0.29) is 24.2 Å². The third kappa shape index (κ3) is 7.41. The molecule has 8 heteroatoms. The highest BCUT2D eigenvalue weighted by Gasteiger charge is 2.22. The first-order valence-corrected chi connectivity index (χ1v) is 11.6. The third-order valence-electron chi connectivity index (χ3n) is 5.34. The number of thiophene rings is 1. The fourth-order valence-electron chi connectivity index (χ4n) is 3.50. The molecule has 1 aliphatic rings. The van der Waals surface area contributed by atoms with E-state index in [2.05, 4.69) is 4.90 Å². The van der Waals surface area contributed by atoms with Crippen molar-refractivity contribution in [1.29, 1.82) is 0 Å². The van der Waals surface area contributed by atoms with E-state index in [1.54, 1.807) is 33.3 Å². The van der Waals surface area contributed by atoms with E-state index in [1.165, 1.54) is 12.1 Å². The van der Waals surface area contributed by atoms with Crippen LogP contribution in [0.3, 0.4) is 0 Å². The van der Waals surface area contributed by atoms with E-state index in [0.717, 1.165) is 30.1 Å². The molecular weight excluding hydrogens is 417 g/mol. The monoisotopic (exact) mass is 447 g/mol. The van der Waals surface area contributed by atoms with Crippen molar-refractivity contribution < 1.29 is 18.7 Å². The average molecular weight is 448 g/mol. The lowest BCUT2D eigenvalue weighted by Gasteiger charge is -2.31. The van der Waals surface area contributed by atoms with Gasteiger partial charge in [0, 0.05) is 44.0 Å². The van der Waals surface area contributed by atoms with Crippen molar-refractivity contribution in [2.24, 2.45) is 0 Å². The number of benzene rings is 1. The maximum atomic E-state index is 13.3. The number of ether oxygens (including phenoxy) is 1. The first-order chi connectivity index (χ1) is 15.0. The molecule has 0 spiro atoms. The zero-order valence-corrected chi connectivity index (χ0v) is 18.8. The van der Waals surface area contributed by atoms with Crippen LogP contribution in [0.2, 0.25) is 0 Å². The first kappa shape index (κ1) is 23.4. The van der Waals surface area contributed by atoms with Crippen molar-refractivity contribution in [2.45, 2.75) is 26.4 Å². The van der Waals surface area contributed by atoms with Crippen LogP contribution in [0.15, 0.2) is 41.8 Å². The topological polar surface area (TPSA) is 53.1 Å². The summed E-state index contributed by atoms with van der Waals surface area (Å²) in [7, 11) is 0. The zero-order valence-electron chi connectivity index (χ0n) is 18.0. The molecule has 2 heterocycles. The predicted octanol–water partition coefficient (Wildman–Crippen LogP) is 2.99. The highest BCUT2D eigenvalue weighted by atomic mass is 32.1. The van der Waals surface area contributed by atoms with Gasteiger partial charge in [0.15, 0.2) is 0 Å². The molecule has 0 N–H and O–H groups in total. The molecule has 0 atom stereocenters. The minimum atomic E-state index is -0.303. The lowest BCUT2D eigenvalue weighted by molar-refractivity contribution is -0.141. The van der Waals surface area contributed by atoms with Crippen LogP contribution >= 0.6 is 11.3 Å². The molecule has 168 valence electrons. The molecule has 2 amide bonds. The standard InChI is InChI=1S/C23H30FN3O3S/c1-2-22(28)26(10-9-25-11-13-30-14-12-25)18-23(29)27(17-21-4-3-15-31-21)16-19-5-7-20(24)8-6-19/h3-8,15H,2,9-14,16-18H2,1H3. The second-order valence-corrected chi connectivity index (χ2v) is 8.61. The van der Waals surface area contributed by atoms with Crippen LogP contribution in [0, 0.1) is 5.82 Å². The summed E-state index contributed by atoms with van der Waals surface area (Å²) in [6, 6.07) is 10.1. The Morgan fingerprint density at radius 1 is 1.06 bits per heavy atom. The van der Waals surface area contributed by atoms with Gasteiger partial charge in [-0.25, -0.2) is 4.39 Å². The highest BCUT2D eigenvalue weighted by molar-refractivity contribution is 7.09. The Labute approximate surface area is 187 Å². The number of amides is 2. The minimum Gasteiger partial charge on any atom is -0.379 e. The Morgan fingerprint density at radius 3 is 2.45 bits per heavy atom. The van der Waals surface area contributed by atoms with Crippen molar-refractivity contribution in [3.05, 3.63) is 58.0 Å². The van der Waals surface area contributed by atoms with Crippen molar-refractivity contribution in [1.82, 2.24) is 14.7 Å². The number of carbonyl (C=O) groups excluding carboxylic acids is 2. The van der Waals surface area contributed by atoms with Crippen molar-refractivity contribution in [3.63, 3.8) is 0 Å². The zero-order chi connectivity index (χ0) is 22.1. The number of morpholine rings is 1. The summed E-state index contributed by atoms with van der Waals surface area (Å²) in [6.45, 7) is 7.03. The summed E-state index contributed by atoms with van der Waals surface area (Å²) in [5, 5.41) is 1.98. The Bertz CT molecular complexity index is 823. The van der Waals surface area contributed by atoms with Gasteiger partial charge in [-0.05, 0) is 29.1 Å². The molecular formula is C23H30FN3O3S. The van der Waals surface area contributed by atoms with Crippen LogP contribution < -0.4 is 0 Å². The number of hydrogen-bond acceptors (Lipinski definition) is 5. The fourth-order valence-corrected chi connectivity index (χ4v) is 4.22. The number of halogens is 1. The summed E-state index contributed by atoms with van der Waals surface area (Å²) < 4.78 is 18.7. The van der Waals surface area contributed by atoms with E-state index < -0.39 is 0 Å². The molecule has 0 radical (unpaired) electrons. The molecule has 1 aromatic heterocycles. The largest absolute Gasteiger partial charge is 0.379 e. The van der Waals surface area contributed by atoms with Crippen LogP contribution in [0.1, 0.15) is 23.8 Å². The van der Waals surface area contributed by atoms with Crippen LogP contribution in [-0.2, 0) is 27.4 Å². The summed E-state index contributed by atoms with van der Waals surface area (Å²) in [6.07, 6.45) is 0.360. The molecule has 1 fully saturated rings. The maximum absolute atomic E-state index is 13.3. The average Bonchev–Trinajstić information content (AvgIpc) is 3.31. The summed E-state index contributed by atoms with van der Waals surface area (Å²) in [4.78, 5) is 32.5. The van der Waals surface area contributed by atoms with Gasteiger partial charge in [-0.2, -0.15) is 0 Å². The summed E-state index contributed by atoms with van der Waals surface area (Å²) in [5.41, 5.74) is 0.855. The number of rotatable bonds is 10. The molecule has 0 saturated carbocycles. The van der Waals surface area contributed by atoms with Crippen LogP contribution in [0.25, 0.3) is 0 Å². The number of hydrogen-bond donors (Lipinski definition) is 0. The van der Waals surface area contributed by atoms with Crippen LogP contribution in [0.5, 0.6) is 0 Å². The van der Waals surface area contributed by atoms with Gasteiger partial charge in [0.2, 0.25) is 11.8 Å². The SMILES string of the molecule is CCC(=O)N(CCN1CCOCC1)CC(=O)N(Cc1ccc(F)cc1)Cc1cccs1. The fraction of sp³-hybridized carbons (Fsp3) is 0.478. The summed E-state index contributed by atoms with van der Waals surface area (Å²) >= 11 is 1.59. The molecule has 31 heavy (non-hydrogen) atoms. The molecule has 1 saturated heterocycles. The molecule has 0 aliphatic carbocycles. The lowest BCUT2D eigenvalue weighted by Crippen LogP contribution is -2.46. The number of nitrogens with zero attached hydrogens (tertiary/aromatic N) is 3. The number of carbonyl (C=O) groups is 2. The molecule has 2 aromatic rings. The van der Waals surface area contributed by atoms with Gasteiger partial charge in [0.1, 0.15) is 5.82 Å². The van der Waals surface area contributed by atoms with Gasteiger partial charge < -0.3 is 14.5 Å². The van der Waals surface area contributed by atoms with Crippen molar-refractivity contribution in [2.75, 3.05) is 45.9 Å². The minimum absolute atomic E-state index is 0.0283. The second kappa shape index (κ2) is 11.9. The second-order valence-electron chi connectivity index (χ2n) is 7.58. The Balaban J connectivity index is 1.67. The van der Waals surface area contributed by atoms with Crippen LogP contribution in [0.4, 0.5) is 4.39 Å². The molecule has 1 aliphatic heterocycles. The van der Waals surface area contributed by atoms with Gasteiger partial charge in [-0.1, -0.05) is 25.1 Å². The van der Waals surface area contributed by atoms with Gasteiger partial charge in [-0.3, -0.25) is 14.5 Å². The van der Waals surface area contributed by atoms with E-state index in [1.807, 2.05) is 24.4 Å². The van der Waals surface area contributed by atoms with Gasteiger partial charge >= 0.3 is 0 Å². The summed E-state index contributed by atoms with van der Waals surface area (Å²) in [5.74, 6) is -0.441. The van der Waals surface area contributed by atoms with Gasteiger partial charge in [0.05, 0.1) is 26.3 Å². The molecule has 0 bridgehead atoms. The predicted molar refractivity (Wildman–Crippen MR) is 119 cm³/mol. The Hall–Kier alpha value is -2.29. The maximum Gasteiger partial charge on any atom is 0.242 e. The van der Waals surface area contributed by atoms with Crippen molar-refractivity contribution >= 4 is 23.2 Å². The van der Waals surface area contributed by atoms with E-state index in [4.69, 9.17) is 4.74 Å². The lowest BCUT2D eigenvalue weighted by atomic mass is 10.2.